The summed E-state index contributed by atoms with van der Waals surface area (Å²) >= 11 is 0. The molecule has 0 aliphatic heterocycles. The van der Waals surface area contributed by atoms with E-state index in [-0.39, 0.29) is 5.92 Å². The van der Waals surface area contributed by atoms with E-state index in [1.165, 1.54) is 12.0 Å². The van der Waals surface area contributed by atoms with Crippen LogP contribution in [0.25, 0.3) is 10.9 Å². The van der Waals surface area contributed by atoms with Gasteiger partial charge >= 0.3 is 0 Å². The van der Waals surface area contributed by atoms with E-state index in [0.29, 0.717) is 12.5 Å². The zero-order valence-electron chi connectivity index (χ0n) is 17.3. The van der Waals surface area contributed by atoms with Gasteiger partial charge in [0.2, 0.25) is 5.91 Å². The largest absolute Gasteiger partial charge is 0.362 e. The number of pyridine rings is 1. The number of nitrogens with zero attached hydrogens (tertiary/aromatic N) is 4. The second-order valence-corrected chi connectivity index (χ2v) is 8.20. The molecule has 0 unspecified atom stereocenters. The van der Waals surface area contributed by atoms with Crippen LogP contribution in [0.1, 0.15) is 30.4 Å². The number of hydrogen-bond acceptors (Lipinski definition) is 4. The molecule has 1 fully saturated rings. The zero-order valence-corrected chi connectivity index (χ0v) is 17.3. The summed E-state index contributed by atoms with van der Waals surface area (Å²) in [5.41, 5.74) is 3.33. The molecule has 1 aromatic heterocycles. The normalized spacial score (nSPS) is 14.4. The summed E-state index contributed by atoms with van der Waals surface area (Å²) < 4.78 is 0. The van der Waals surface area contributed by atoms with Crippen LogP contribution in [0.5, 0.6) is 0 Å². The van der Waals surface area contributed by atoms with Crippen LogP contribution >= 0.6 is 0 Å². The number of amides is 1. The molecule has 1 aliphatic carbocycles. The number of carbonyl (C=O) groups is 1. The van der Waals surface area contributed by atoms with Gasteiger partial charge in [0.1, 0.15) is 5.82 Å². The number of benzene rings is 1. The monoisotopic (exact) mass is 368 g/mol. The van der Waals surface area contributed by atoms with Crippen molar-refractivity contribution in [1.29, 1.82) is 0 Å². The van der Waals surface area contributed by atoms with Gasteiger partial charge in [-0.3, -0.25) is 4.79 Å². The van der Waals surface area contributed by atoms with Crippen molar-refractivity contribution >= 4 is 22.6 Å². The van der Waals surface area contributed by atoms with Gasteiger partial charge in [0.15, 0.2) is 0 Å². The highest BCUT2D eigenvalue weighted by atomic mass is 16.2. The number of anilines is 1. The third-order valence-corrected chi connectivity index (χ3v) is 5.47. The van der Waals surface area contributed by atoms with Crippen LogP contribution in [0.4, 0.5) is 5.82 Å². The van der Waals surface area contributed by atoms with E-state index in [1.807, 2.05) is 19.0 Å². The van der Waals surface area contributed by atoms with Gasteiger partial charge in [0, 0.05) is 50.6 Å². The average Bonchev–Trinajstić information content (AvgIpc) is 2.56. The van der Waals surface area contributed by atoms with Crippen LogP contribution in [0.3, 0.4) is 0 Å². The Labute approximate surface area is 163 Å². The van der Waals surface area contributed by atoms with E-state index in [9.17, 15) is 4.79 Å². The number of hydrogen-bond donors (Lipinski definition) is 0. The zero-order chi connectivity index (χ0) is 19.6. The van der Waals surface area contributed by atoms with Crippen molar-refractivity contribution < 1.29 is 4.79 Å². The number of likely N-dealkylation sites (N-methyl/N-ethyl adjacent to an activating group) is 1. The Morgan fingerprint density at radius 1 is 1.15 bits per heavy atom. The molecule has 0 atom stereocenters. The Bertz CT molecular complexity index is 811. The molecule has 0 saturated heterocycles. The first kappa shape index (κ1) is 19.6. The van der Waals surface area contributed by atoms with Crippen molar-refractivity contribution in [2.24, 2.45) is 5.92 Å². The lowest BCUT2D eigenvalue weighted by Crippen LogP contribution is -2.42. The first-order valence-electron chi connectivity index (χ1n) is 9.87. The number of fused-ring (bicyclic) bond motifs is 1. The van der Waals surface area contributed by atoms with E-state index >= 15 is 0 Å². The van der Waals surface area contributed by atoms with Gasteiger partial charge in [0.05, 0.1) is 5.52 Å². The van der Waals surface area contributed by atoms with Gasteiger partial charge < -0.3 is 14.7 Å². The first-order valence-corrected chi connectivity index (χ1v) is 9.87. The lowest BCUT2D eigenvalue weighted by molar-refractivity contribution is -0.139. The lowest BCUT2D eigenvalue weighted by atomic mass is 9.84. The van der Waals surface area contributed by atoms with Crippen molar-refractivity contribution in [2.45, 2.75) is 32.7 Å². The van der Waals surface area contributed by atoms with Gasteiger partial charge in [-0.2, -0.15) is 0 Å². The summed E-state index contributed by atoms with van der Waals surface area (Å²) in [5.74, 6) is 1.47. The average molecular weight is 369 g/mol. The minimum atomic E-state index is 0.214. The van der Waals surface area contributed by atoms with Crippen LogP contribution in [0.15, 0.2) is 24.3 Å². The predicted molar refractivity (Wildman–Crippen MR) is 112 cm³/mol. The molecule has 2 aromatic rings. The summed E-state index contributed by atoms with van der Waals surface area (Å²) in [6.45, 7) is 4.34. The van der Waals surface area contributed by atoms with Crippen LogP contribution in [-0.4, -0.2) is 62.0 Å². The number of aromatic nitrogens is 1. The Balaban J connectivity index is 1.94. The van der Waals surface area contributed by atoms with Crippen LogP contribution in [0, 0.1) is 12.8 Å². The maximum Gasteiger partial charge on any atom is 0.226 e. The molecule has 0 N–H and O–H groups in total. The number of carbonyl (C=O) groups excluding carboxylic acids is 1. The van der Waals surface area contributed by atoms with Crippen molar-refractivity contribution in [3.63, 3.8) is 0 Å². The molecule has 1 saturated carbocycles. The van der Waals surface area contributed by atoms with E-state index < -0.39 is 0 Å². The summed E-state index contributed by atoms with van der Waals surface area (Å²) in [7, 11) is 8.15. The maximum absolute atomic E-state index is 13.0. The van der Waals surface area contributed by atoms with Gasteiger partial charge in [-0.25, -0.2) is 4.98 Å². The molecule has 27 heavy (non-hydrogen) atoms. The molecule has 0 bridgehead atoms. The van der Waals surface area contributed by atoms with Crippen molar-refractivity contribution in [3.05, 3.63) is 35.4 Å². The standard InChI is InChI=1S/C22H32N4O/c1-16-8-6-11-18-14-19(21(25(4)5)23-20(16)18)15-26(13-12-24(2)3)22(27)17-9-7-10-17/h6,8,11,14,17H,7,9-10,12-13,15H2,1-5H3. The smallest absolute Gasteiger partial charge is 0.226 e. The Morgan fingerprint density at radius 2 is 1.89 bits per heavy atom. The molecule has 1 amide bonds. The second-order valence-electron chi connectivity index (χ2n) is 8.20. The van der Waals surface area contributed by atoms with Gasteiger partial charge in [0.25, 0.3) is 0 Å². The highest BCUT2D eigenvalue weighted by Gasteiger charge is 2.30. The molecule has 0 radical (unpaired) electrons. The van der Waals surface area contributed by atoms with Gasteiger partial charge in [-0.05, 0) is 45.5 Å². The quantitative estimate of drug-likeness (QED) is 0.752. The molecule has 0 spiro atoms. The van der Waals surface area contributed by atoms with Crippen molar-refractivity contribution in [2.75, 3.05) is 46.2 Å². The molecule has 3 rings (SSSR count). The number of aryl methyl sites for hydroxylation is 1. The van der Waals surface area contributed by atoms with E-state index in [4.69, 9.17) is 4.98 Å². The molecule has 5 nitrogen and oxygen atoms in total. The van der Waals surface area contributed by atoms with Crippen molar-refractivity contribution in [1.82, 2.24) is 14.8 Å². The summed E-state index contributed by atoms with van der Waals surface area (Å²) in [4.78, 5) is 24.2. The number of rotatable bonds is 7. The molecular weight excluding hydrogens is 336 g/mol. The van der Waals surface area contributed by atoms with E-state index in [0.717, 1.165) is 48.2 Å². The first-order chi connectivity index (χ1) is 12.9. The fraction of sp³-hybridized carbons (Fsp3) is 0.545. The minimum absolute atomic E-state index is 0.214. The van der Waals surface area contributed by atoms with Crippen molar-refractivity contribution in [3.8, 4) is 0 Å². The van der Waals surface area contributed by atoms with Crippen LogP contribution in [0.2, 0.25) is 0 Å². The Kier molecular flexibility index (Phi) is 6.00. The molecule has 1 aliphatic rings. The van der Waals surface area contributed by atoms with Crippen LogP contribution in [-0.2, 0) is 11.3 Å². The molecule has 5 heteroatoms. The van der Waals surface area contributed by atoms with E-state index in [2.05, 4.69) is 55.1 Å². The third kappa shape index (κ3) is 4.41. The SMILES string of the molecule is Cc1cccc2cc(CN(CCN(C)C)C(=O)C3CCC3)c(N(C)C)nc12. The third-order valence-electron chi connectivity index (χ3n) is 5.47. The molecule has 146 valence electrons. The maximum atomic E-state index is 13.0. The Morgan fingerprint density at radius 3 is 2.48 bits per heavy atom. The summed E-state index contributed by atoms with van der Waals surface area (Å²) in [5, 5.41) is 1.14. The van der Waals surface area contributed by atoms with Crippen LogP contribution < -0.4 is 4.90 Å². The summed E-state index contributed by atoms with van der Waals surface area (Å²) in [6, 6.07) is 8.48. The number of para-hydroxylation sites is 1. The minimum Gasteiger partial charge on any atom is -0.362 e. The fourth-order valence-corrected chi connectivity index (χ4v) is 3.59. The highest BCUT2D eigenvalue weighted by molar-refractivity contribution is 5.85. The highest BCUT2D eigenvalue weighted by Crippen LogP contribution is 2.30. The topological polar surface area (TPSA) is 39.7 Å². The molecular formula is C22H32N4O. The predicted octanol–water partition coefficient (Wildman–Crippen LogP) is 3.30. The summed E-state index contributed by atoms with van der Waals surface area (Å²) in [6.07, 6.45) is 3.25. The van der Waals surface area contributed by atoms with Gasteiger partial charge in [-0.15, -0.1) is 0 Å². The Hall–Kier alpha value is -2.14. The molecule has 1 aromatic carbocycles. The lowest BCUT2D eigenvalue weighted by Gasteiger charge is -2.33. The molecule has 1 heterocycles. The van der Waals surface area contributed by atoms with E-state index in [1.54, 1.807) is 0 Å². The van der Waals surface area contributed by atoms with Gasteiger partial charge in [-0.1, -0.05) is 24.6 Å². The second kappa shape index (κ2) is 8.26. The fourth-order valence-electron chi connectivity index (χ4n) is 3.59.